The number of likely N-dealkylation sites (tertiary alicyclic amines) is 1. The van der Waals surface area contributed by atoms with Gasteiger partial charge in [0, 0.05) is 12.2 Å². The van der Waals surface area contributed by atoms with Crippen molar-refractivity contribution >= 4 is 11.6 Å². The number of piperidine rings is 1. The summed E-state index contributed by atoms with van der Waals surface area (Å²) >= 11 is 0. The smallest absolute Gasteiger partial charge is 0.227 e. The zero-order valence-corrected chi connectivity index (χ0v) is 16.2. The van der Waals surface area contributed by atoms with Gasteiger partial charge in [0.1, 0.15) is 5.75 Å². The van der Waals surface area contributed by atoms with E-state index in [1.165, 1.54) is 43.5 Å². The highest BCUT2D eigenvalue weighted by Gasteiger charge is 2.10. The molecular formula is C23H30N2O2. The molecule has 3 rings (SSSR count). The molecular weight excluding hydrogens is 336 g/mol. The first-order valence-electron chi connectivity index (χ1n) is 10.1. The van der Waals surface area contributed by atoms with Crippen LogP contribution in [0.5, 0.6) is 5.75 Å². The molecule has 0 unspecified atom stereocenters. The lowest BCUT2D eigenvalue weighted by Crippen LogP contribution is -2.29. The van der Waals surface area contributed by atoms with Gasteiger partial charge < -0.3 is 10.1 Å². The third kappa shape index (κ3) is 6.40. The summed E-state index contributed by atoms with van der Waals surface area (Å²) in [6.07, 6.45) is 5.32. The van der Waals surface area contributed by atoms with Crippen molar-refractivity contribution in [1.82, 2.24) is 4.90 Å². The van der Waals surface area contributed by atoms with Crippen LogP contribution in [0.3, 0.4) is 0 Å². The summed E-state index contributed by atoms with van der Waals surface area (Å²) in [5.74, 6) is 0.783. The molecule has 0 aliphatic carbocycles. The SMILES string of the molecule is CCc1ccc(OCCC(=O)Nc2ccc(CN3CCCCC3)cc2)cc1. The minimum absolute atomic E-state index is 0.0241. The minimum atomic E-state index is -0.0241. The molecule has 0 atom stereocenters. The van der Waals surface area contributed by atoms with E-state index in [1.807, 2.05) is 24.3 Å². The van der Waals surface area contributed by atoms with Crippen molar-refractivity contribution in [3.05, 3.63) is 59.7 Å². The monoisotopic (exact) mass is 366 g/mol. The maximum Gasteiger partial charge on any atom is 0.227 e. The summed E-state index contributed by atoms with van der Waals surface area (Å²) < 4.78 is 5.65. The fourth-order valence-corrected chi connectivity index (χ4v) is 3.38. The predicted molar refractivity (Wildman–Crippen MR) is 110 cm³/mol. The van der Waals surface area contributed by atoms with Crippen molar-refractivity contribution in [2.45, 2.75) is 45.6 Å². The number of amides is 1. The van der Waals surface area contributed by atoms with Crippen molar-refractivity contribution in [3.63, 3.8) is 0 Å². The second kappa shape index (κ2) is 10.1. The van der Waals surface area contributed by atoms with Crippen LogP contribution >= 0.6 is 0 Å². The third-order valence-electron chi connectivity index (χ3n) is 5.02. The lowest BCUT2D eigenvalue weighted by atomic mass is 10.1. The van der Waals surface area contributed by atoms with E-state index in [0.29, 0.717) is 13.0 Å². The minimum Gasteiger partial charge on any atom is -0.493 e. The molecule has 1 N–H and O–H groups in total. The van der Waals surface area contributed by atoms with Crippen molar-refractivity contribution in [2.24, 2.45) is 0 Å². The molecule has 1 aliphatic rings. The van der Waals surface area contributed by atoms with Gasteiger partial charge in [0.2, 0.25) is 5.91 Å². The largest absolute Gasteiger partial charge is 0.493 e. The summed E-state index contributed by atoms with van der Waals surface area (Å²) in [7, 11) is 0. The Balaban J connectivity index is 1.39. The summed E-state index contributed by atoms with van der Waals surface area (Å²) in [5.41, 5.74) is 3.42. The van der Waals surface area contributed by atoms with Gasteiger partial charge in [-0.05, 0) is 67.7 Å². The van der Waals surface area contributed by atoms with Crippen molar-refractivity contribution < 1.29 is 9.53 Å². The van der Waals surface area contributed by atoms with Crippen LogP contribution < -0.4 is 10.1 Å². The van der Waals surface area contributed by atoms with Gasteiger partial charge >= 0.3 is 0 Å². The van der Waals surface area contributed by atoms with E-state index in [2.05, 4.69) is 41.4 Å². The molecule has 2 aromatic rings. The van der Waals surface area contributed by atoms with Crippen LogP contribution in [0.1, 0.15) is 43.7 Å². The van der Waals surface area contributed by atoms with Gasteiger partial charge in [0.15, 0.2) is 0 Å². The molecule has 0 saturated carbocycles. The first-order chi connectivity index (χ1) is 13.2. The Kier molecular flexibility index (Phi) is 7.28. The van der Waals surface area contributed by atoms with E-state index in [1.54, 1.807) is 0 Å². The number of anilines is 1. The molecule has 4 nitrogen and oxygen atoms in total. The average Bonchev–Trinajstić information content (AvgIpc) is 2.71. The van der Waals surface area contributed by atoms with E-state index >= 15 is 0 Å². The van der Waals surface area contributed by atoms with Crippen LogP contribution in [-0.4, -0.2) is 30.5 Å². The Morgan fingerprint density at radius 3 is 2.30 bits per heavy atom. The number of carbonyl (C=O) groups is 1. The molecule has 1 heterocycles. The quantitative estimate of drug-likeness (QED) is 0.740. The van der Waals surface area contributed by atoms with Crippen molar-refractivity contribution in [2.75, 3.05) is 25.0 Å². The van der Waals surface area contributed by atoms with E-state index < -0.39 is 0 Å². The van der Waals surface area contributed by atoms with Crippen molar-refractivity contribution in [3.8, 4) is 5.75 Å². The molecule has 0 bridgehead atoms. The number of carbonyl (C=O) groups excluding carboxylic acids is 1. The van der Waals surface area contributed by atoms with Gasteiger partial charge in [-0.3, -0.25) is 9.69 Å². The summed E-state index contributed by atoms with van der Waals surface area (Å²) in [6, 6.07) is 16.2. The second-order valence-corrected chi connectivity index (χ2v) is 7.18. The first kappa shape index (κ1) is 19.4. The molecule has 1 amide bonds. The fourth-order valence-electron chi connectivity index (χ4n) is 3.38. The molecule has 2 aromatic carbocycles. The number of rotatable bonds is 8. The Morgan fingerprint density at radius 1 is 0.963 bits per heavy atom. The highest BCUT2D eigenvalue weighted by molar-refractivity contribution is 5.90. The molecule has 4 heteroatoms. The maximum absolute atomic E-state index is 12.1. The summed E-state index contributed by atoms with van der Waals surface area (Å²) in [5, 5.41) is 2.94. The van der Waals surface area contributed by atoms with Gasteiger partial charge in [-0.25, -0.2) is 0 Å². The number of benzene rings is 2. The summed E-state index contributed by atoms with van der Waals surface area (Å²) in [6.45, 7) is 5.89. The Bertz CT molecular complexity index is 704. The number of hydrogen-bond donors (Lipinski definition) is 1. The van der Waals surface area contributed by atoms with Crippen LogP contribution in [-0.2, 0) is 17.8 Å². The third-order valence-corrected chi connectivity index (χ3v) is 5.02. The molecule has 0 aromatic heterocycles. The molecule has 1 aliphatic heterocycles. The highest BCUT2D eigenvalue weighted by Crippen LogP contribution is 2.16. The molecule has 0 radical (unpaired) electrons. The fraction of sp³-hybridized carbons (Fsp3) is 0.435. The van der Waals surface area contributed by atoms with Crippen LogP contribution in [0, 0.1) is 0 Å². The summed E-state index contributed by atoms with van der Waals surface area (Å²) in [4.78, 5) is 14.6. The Morgan fingerprint density at radius 2 is 1.63 bits per heavy atom. The maximum atomic E-state index is 12.1. The van der Waals surface area contributed by atoms with Crippen LogP contribution in [0.2, 0.25) is 0 Å². The topological polar surface area (TPSA) is 41.6 Å². The molecule has 1 fully saturated rings. The van der Waals surface area contributed by atoms with Crippen LogP contribution in [0.25, 0.3) is 0 Å². The molecule has 1 saturated heterocycles. The highest BCUT2D eigenvalue weighted by atomic mass is 16.5. The number of nitrogens with one attached hydrogen (secondary N) is 1. The normalized spacial score (nSPS) is 14.7. The second-order valence-electron chi connectivity index (χ2n) is 7.18. The van der Waals surface area contributed by atoms with Crippen molar-refractivity contribution in [1.29, 1.82) is 0 Å². The van der Waals surface area contributed by atoms with Gasteiger partial charge in [-0.1, -0.05) is 37.6 Å². The lowest BCUT2D eigenvalue weighted by molar-refractivity contribution is -0.116. The first-order valence-corrected chi connectivity index (χ1v) is 10.1. The number of hydrogen-bond acceptors (Lipinski definition) is 3. The Labute approximate surface area is 162 Å². The predicted octanol–water partition coefficient (Wildman–Crippen LogP) is 4.64. The van der Waals surface area contributed by atoms with E-state index in [-0.39, 0.29) is 5.91 Å². The standard InChI is InChI=1S/C23H30N2O2/c1-2-19-8-12-22(13-9-19)27-17-14-23(26)24-21-10-6-20(7-11-21)18-25-15-4-3-5-16-25/h6-13H,2-5,14-18H2,1H3,(H,24,26). The van der Waals surface area contributed by atoms with E-state index in [4.69, 9.17) is 4.74 Å². The van der Waals surface area contributed by atoms with E-state index in [0.717, 1.165) is 24.4 Å². The Hall–Kier alpha value is -2.33. The van der Waals surface area contributed by atoms with Gasteiger partial charge in [0.25, 0.3) is 0 Å². The van der Waals surface area contributed by atoms with Gasteiger partial charge in [-0.2, -0.15) is 0 Å². The molecule has 0 spiro atoms. The number of ether oxygens (including phenoxy) is 1. The van der Waals surface area contributed by atoms with E-state index in [9.17, 15) is 4.79 Å². The van der Waals surface area contributed by atoms with Crippen LogP contribution in [0.15, 0.2) is 48.5 Å². The zero-order chi connectivity index (χ0) is 18.9. The van der Waals surface area contributed by atoms with Gasteiger partial charge in [0.05, 0.1) is 13.0 Å². The zero-order valence-electron chi connectivity index (χ0n) is 16.2. The lowest BCUT2D eigenvalue weighted by Gasteiger charge is -2.26. The molecule has 144 valence electrons. The molecule has 27 heavy (non-hydrogen) atoms. The number of nitrogens with zero attached hydrogens (tertiary/aromatic N) is 1. The van der Waals surface area contributed by atoms with Crippen LogP contribution in [0.4, 0.5) is 5.69 Å². The average molecular weight is 367 g/mol. The number of aryl methyl sites for hydroxylation is 1. The van der Waals surface area contributed by atoms with Gasteiger partial charge in [-0.15, -0.1) is 0 Å².